The molecule has 6 nitrogen and oxygen atoms in total. The smallest absolute Gasteiger partial charge is 0.263 e. The van der Waals surface area contributed by atoms with Gasteiger partial charge in [0.2, 0.25) is 0 Å². The third-order valence-corrected chi connectivity index (χ3v) is 6.63. The highest BCUT2D eigenvalue weighted by atomic mass is 16.5. The number of rotatable bonds is 5. The predicted molar refractivity (Wildman–Crippen MR) is 119 cm³/mol. The molecule has 1 atom stereocenters. The molecule has 0 bridgehead atoms. The molecule has 0 aromatic heterocycles. The van der Waals surface area contributed by atoms with E-state index in [1.54, 1.807) is 6.07 Å². The Morgan fingerprint density at radius 3 is 2.45 bits per heavy atom. The molecule has 2 fully saturated rings. The fraction of sp³-hybridized carbons (Fsp3) is 0.440. The first kappa shape index (κ1) is 20.2. The Kier molecular flexibility index (Phi) is 5.50. The molecule has 3 aliphatic heterocycles. The number of ether oxygens (including phenoxy) is 1. The van der Waals surface area contributed by atoms with Crippen molar-refractivity contribution in [1.82, 2.24) is 9.80 Å². The zero-order valence-electron chi connectivity index (χ0n) is 18.0. The van der Waals surface area contributed by atoms with Crippen molar-refractivity contribution < 1.29 is 14.3 Å². The van der Waals surface area contributed by atoms with E-state index >= 15 is 0 Å². The van der Waals surface area contributed by atoms with E-state index in [-0.39, 0.29) is 17.9 Å². The Bertz CT molecular complexity index is 974. The number of benzene rings is 2. The third-order valence-electron chi connectivity index (χ3n) is 6.63. The third kappa shape index (κ3) is 3.98. The maximum absolute atomic E-state index is 13.2. The molecule has 31 heavy (non-hydrogen) atoms. The number of hydrogen-bond acceptors (Lipinski definition) is 5. The van der Waals surface area contributed by atoms with Gasteiger partial charge in [0, 0.05) is 39.3 Å². The SMILES string of the molecule is Cc1ccc(CN2CCN(c3cccc4c3C(=O)N(CC3CCCO3)C4=O)CC2)cc1. The second kappa shape index (κ2) is 8.44. The van der Waals surface area contributed by atoms with Crippen LogP contribution in [0.3, 0.4) is 0 Å². The Balaban J connectivity index is 1.28. The summed E-state index contributed by atoms with van der Waals surface area (Å²) in [6.45, 7) is 7.66. The van der Waals surface area contributed by atoms with Gasteiger partial charge in [-0.05, 0) is 37.5 Å². The van der Waals surface area contributed by atoms with Gasteiger partial charge in [0.1, 0.15) is 0 Å². The number of fused-ring (bicyclic) bond motifs is 1. The summed E-state index contributed by atoms with van der Waals surface area (Å²) in [5, 5.41) is 0. The Morgan fingerprint density at radius 2 is 1.74 bits per heavy atom. The lowest BCUT2D eigenvalue weighted by molar-refractivity contribution is 0.0475. The van der Waals surface area contributed by atoms with Crippen LogP contribution in [0.15, 0.2) is 42.5 Å². The molecule has 3 heterocycles. The van der Waals surface area contributed by atoms with Crippen molar-refractivity contribution in [3.05, 3.63) is 64.7 Å². The quantitative estimate of drug-likeness (QED) is 0.697. The summed E-state index contributed by atoms with van der Waals surface area (Å²) >= 11 is 0. The lowest BCUT2D eigenvalue weighted by Crippen LogP contribution is -2.46. The molecule has 0 spiro atoms. The van der Waals surface area contributed by atoms with Gasteiger partial charge in [-0.3, -0.25) is 19.4 Å². The molecule has 1 unspecified atom stereocenters. The average molecular weight is 420 g/mol. The first-order valence-electron chi connectivity index (χ1n) is 11.2. The van der Waals surface area contributed by atoms with Crippen LogP contribution in [0.1, 0.15) is 44.7 Å². The van der Waals surface area contributed by atoms with E-state index in [0.29, 0.717) is 24.3 Å². The van der Waals surface area contributed by atoms with E-state index in [9.17, 15) is 9.59 Å². The van der Waals surface area contributed by atoms with Gasteiger partial charge >= 0.3 is 0 Å². The van der Waals surface area contributed by atoms with Gasteiger partial charge in [-0.15, -0.1) is 0 Å². The van der Waals surface area contributed by atoms with Crippen LogP contribution in [0, 0.1) is 6.92 Å². The van der Waals surface area contributed by atoms with Crippen molar-refractivity contribution in [2.24, 2.45) is 0 Å². The van der Waals surface area contributed by atoms with Crippen molar-refractivity contribution >= 4 is 17.5 Å². The molecule has 5 rings (SSSR count). The van der Waals surface area contributed by atoms with E-state index < -0.39 is 0 Å². The number of amides is 2. The van der Waals surface area contributed by atoms with Gasteiger partial charge < -0.3 is 9.64 Å². The standard InChI is InChI=1S/C25H29N3O3/c1-18-7-9-19(10-8-18)16-26-11-13-27(14-12-26)22-6-2-5-21-23(22)25(30)28(24(21)29)17-20-4-3-15-31-20/h2,5-10,20H,3-4,11-17H2,1H3. The highest BCUT2D eigenvalue weighted by Crippen LogP contribution is 2.33. The number of hydrogen-bond donors (Lipinski definition) is 0. The number of imide groups is 1. The number of carbonyl (C=O) groups excluding carboxylic acids is 2. The van der Waals surface area contributed by atoms with Gasteiger partial charge in [0.15, 0.2) is 0 Å². The van der Waals surface area contributed by atoms with Crippen LogP contribution >= 0.6 is 0 Å². The van der Waals surface area contributed by atoms with E-state index in [2.05, 4.69) is 41.0 Å². The van der Waals surface area contributed by atoms with Gasteiger partial charge in [-0.2, -0.15) is 0 Å². The minimum Gasteiger partial charge on any atom is -0.376 e. The van der Waals surface area contributed by atoms with Crippen LogP contribution in [0.25, 0.3) is 0 Å². The molecule has 0 saturated carbocycles. The zero-order valence-corrected chi connectivity index (χ0v) is 18.0. The summed E-state index contributed by atoms with van der Waals surface area (Å²) in [5.74, 6) is -0.358. The summed E-state index contributed by atoms with van der Waals surface area (Å²) in [4.78, 5) is 32.2. The minimum absolute atomic E-state index is 0.0315. The summed E-state index contributed by atoms with van der Waals surface area (Å²) in [7, 11) is 0. The van der Waals surface area contributed by atoms with Crippen molar-refractivity contribution in [3.8, 4) is 0 Å². The molecular weight excluding hydrogens is 390 g/mol. The predicted octanol–water partition coefficient (Wildman–Crippen LogP) is 3.09. The maximum atomic E-state index is 13.2. The number of aryl methyl sites for hydroxylation is 1. The van der Waals surface area contributed by atoms with Crippen LogP contribution in [0.5, 0.6) is 0 Å². The Hall–Kier alpha value is -2.70. The molecule has 2 saturated heterocycles. The normalized spacial score (nSPS) is 21.8. The molecule has 0 aliphatic carbocycles. The summed E-state index contributed by atoms with van der Waals surface area (Å²) in [5.41, 5.74) is 4.59. The minimum atomic E-state index is -0.185. The fourth-order valence-corrected chi connectivity index (χ4v) is 4.84. The van der Waals surface area contributed by atoms with E-state index in [0.717, 1.165) is 51.3 Å². The van der Waals surface area contributed by atoms with Gasteiger partial charge in [-0.25, -0.2) is 0 Å². The lowest BCUT2D eigenvalue weighted by atomic mass is 10.1. The molecule has 2 aromatic carbocycles. The van der Waals surface area contributed by atoms with Crippen LogP contribution < -0.4 is 4.90 Å². The number of anilines is 1. The number of nitrogens with zero attached hydrogens (tertiary/aromatic N) is 3. The maximum Gasteiger partial charge on any atom is 0.263 e. The van der Waals surface area contributed by atoms with E-state index in [4.69, 9.17) is 4.74 Å². The Morgan fingerprint density at radius 1 is 0.968 bits per heavy atom. The number of carbonyl (C=O) groups is 2. The molecule has 3 aliphatic rings. The monoisotopic (exact) mass is 419 g/mol. The first-order chi connectivity index (χ1) is 15.1. The fourth-order valence-electron chi connectivity index (χ4n) is 4.84. The topological polar surface area (TPSA) is 53.1 Å². The van der Waals surface area contributed by atoms with Crippen molar-refractivity contribution in [2.75, 3.05) is 44.2 Å². The summed E-state index contributed by atoms with van der Waals surface area (Å²) in [6, 6.07) is 14.4. The number of piperazine rings is 1. The van der Waals surface area contributed by atoms with Crippen LogP contribution in [0.4, 0.5) is 5.69 Å². The molecular formula is C25H29N3O3. The summed E-state index contributed by atoms with van der Waals surface area (Å²) < 4.78 is 5.66. The molecule has 162 valence electrons. The van der Waals surface area contributed by atoms with Gasteiger partial charge in [0.05, 0.1) is 29.5 Å². The molecule has 6 heteroatoms. The summed E-state index contributed by atoms with van der Waals surface area (Å²) in [6.07, 6.45) is 1.87. The van der Waals surface area contributed by atoms with Crippen LogP contribution in [0.2, 0.25) is 0 Å². The van der Waals surface area contributed by atoms with Crippen LogP contribution in [-0.4, -0.2) is 67.0 Å². The average Bonchev–Trinajstić information content (AvgIpc) is 3.39. The lowest BCUT2D eigenvalue weighted by Gasteiger charge is -2.36. The van der Waals surface area contributed by atoms with E-state index in [1.165, 1.54) is 16.0 Å². The second-order valence-electron chi connectivity index (χ2n) is 8.80. The first-order valence-corrected chi connectivity index (χ1v) is 11.2. The molecule has 0 radical (unpaired) electrons. The Labute approximate surface area is 183 Å². The van der Waals surface area contributed by atoms with Crippen molar-refractivity contribution in [1.29, 1.82) is 0 Å². The van der Waals surface area contributed by atoms with Gasteiger partial charge in [-0.1, -0.05) is 35.9 Å². The van der Waals surface area contributed by atoms with E-state index in [1.807, 2.05) is 12.1 Å². The molecule has 2 aromatic rings. The largest absolute Gasteiger partial charge is 0.376 e. The zero-order chi connectivity index (χ0) is 21.4. The highest BCUT2D eigenvalue weighted by Gasteiger charge is 2.40. The molecule has 0 N–H and O–H groups in total. The highest BCUT2D eigenvalue weighted by molar-refractivity contribution is 6.23. The molecule has 2 amide bonds. The van der Waals surface area contributed by atoms with Crippen molar-refractivity contribution in [3.63, 3.8) is 0 Å². The second-order valence-corrected chi connectivity index (χ2v) is 8.80. The van der Waals surface area contributed by atoms with Gasteiger partial charge in [0.25, 0.3) is 11.8 Å². The van der Waals surface area contributed by atoms with Crippen LogP contribution in [-0.2, 0) is 11.3 Å². The van der Waals surface area contributed by atoms with Crippen molar-refractivity contribution in [2.45, 2.75) is 32.4 Å².